The summed E-state index contributed by atoms with van der Waals surface area (Å²) in [4.78, 5) is 35.7. The largest absolute Gasteiger partial charge is 0.485 e. The van der Waals surface area contributed by atoms with Crippen LogP contribution in [0.1, 0.15) is 25.3 Å². The van der Waals surface area contributed by atoms with Crippen molar-refractivity contribution in [3.63, 3.8) is 0 Å². The molecule has 0 radical (unpaired) electrons. The molecule has 0 spiro atoms. The van der Waals surface area contributed by atoms with E-state index in [0.29, 0.717) is 12.8 Å². The van der Waals surface area contributed by atoms with Crippen LogP contribution in [-0.4, -0.2) is 24.1 Å². The van der Waals surface area contributed by atoms with E-state index in [2.05, 4.69) is 4.74 Å². The van der Waals surface area contributed by atoms with Crippen LogP contribution >= 0.6 is 0 Å². The highest BCUT2D eigenvalue weighted by atomic mass is 16.5. The Morgan fingerprint density at radius 1 is 1.23 bits per heavy atom. The van der Waals surface area contributed by atoms with E-state index in [0.717, 1.165) is 5.56 Å². The lowest BCUT2D eigenvalue weighted by molar-refractivity contribution is -0.157. The Morgan fingerprint density at radius 2 is 1.95 bits per heavy atom. The molecule has 0 saturated heterocycles. The fourth-order valence-electron chi connectivity index (χ4n) is 2.24. The second-order valence-corrected chi connectivity index (χ2v) is 4.92. The Bertz CT molecular complexity index is 588. The first kappa shape index (κ1) is 15.9. The van der Waals surface area contributed by atoms with Gasteiger partial charge in [0.05, 0.1) is 12.5 Å². The van der Waals surface area contributed by atoms with Gasteiger partial charge in [0.25, 0.3) is 5.78 Å². The lowest BCUT2D eigenvalue weighted by atomic mass is 9.88. The van der Waals surface area contributed by atoms with Gasteiger partial charge in [0.2, 0.25) is 5.78 Å². The fraction of sp³-hybridized carbons (Fsp3) is 0.353. The second-order valence-electron chi connectivity index (χ2n) is 4.92. The third-order valence-corrected chi connectivity index (χ3v) is 3.37. The van der Waals surface area contributed by atoms with Crippen molar-refractivity contribution in [2.45, 2.75) is 26.4 Å². The van der Waals surface area contributed by atoms with Crippen molar-refractivity contribution in [1.29, 1.82) is 0 Å². The minimum absolute atomic E-state index is 0.110. The number of hydrogen-bond donors (Lipinski definition) is 0. The van der Waals surface area contributed by atoms with Crippen molar-refractivity contribution in [2.75, 3.05) is 6.61 Å². The van der Waals surface area contributed by atoms with Gasteiger partial charge < -0.3 is 9.47 Å². The first-order valence-corrected chi connectivity index (χ1v) is 7.25. The van der Waals surface area contributed by atoms with Crippen molar-refractivity contribution in [3.8, 4) is 0 Å². The quantitative estimate of drug-likeness (QED) is 0.458. The van der Waals surface area contributed by atoms with Gasteiger partial charge in [-0.05, 0) is 31.4 Å². The molecule has 0 bridgehead atoms. The van der Waals surface area contributed by atoms with Gasteiger partial charge in [-0.2, -0.15) is 0 Å². The highest BCUT2D eigenvalue weighted by molar-refractivity contribution is 6.39. The lowest BCUT2D eigenvalue weighted by Gasteiger charge is -2.20. The summed E-state index contributed by atoms with van der Waals surface area (Å²) in [5.41, 5.74) is 0.926. The second kappa shape index (κ2) is 7.54. The molecule has 0 fully saturated rings. The molecule has 1 unspecified atom stereocenters. The number of ether oxygens (including phenoxy) is 2. The zero-order valence-corrected chi connectivity index (χ0v) is 12.4. The average Bonchev–Trinajstić information content (AvgIpc) is 2.54. The molecule has 0 saturated carbocycles. The van der Waals surface area contributed by atoms with Crippen LogP contribution in [0.2, 0.25) is 0 Å². The van der Waals surface area contributed by atoms with Crippen molar-refractivity contribution < 1.29 is 23.9 Å². The monoisotopic (exact) mass is 302 g/mol. The van der Waals surface area contributed by atoms with Crippen LogP contribution in [0.25, 0.3) is 0 Å². The highest BCUT2D eigenvalue weighted by Crippen LogP contribution is 2.23. The number of esters is 1. The number of rotatable bonds is 6. The van der Waals surface area contributed by atoms with Crippen LogP contribution in [0, 0.1) is 5.92 Å². The van der Waals surface area contributed by atoms with Gasteiger partial charge in [-0.3, -0.25) is 9.59 Å². The summed E-state index contributed by atoms with van der Waals surface area (Å²) in [5.74, 6) is -3.03. The maximum atomic E-state index is 12.3. The summed E-state index contributed by atoms with van der Waals surface area (Å²) in [6.07, 6.45) is 2.50. The molecular formula is C17H18O5. The smallest absolute Gasteiger partial charge is 0.375 e. The Labute approximate surface area is 128 Å². The molecule has 0 aromatic heterocycles. The first-order valence-electron chi connectivity index (χ1n) is 7.25. The number of carbonyl (C=O) groups is 3. The van der Waals surface area contributed by atoms with E-state index in [9.17, 15) is 14.4 Å². The van der Waals surface area contributed by atoms with Crippen LogP contribution < -0.4 is 0 Å². The molecule has 22 heavy (non-hydrogen) atoms. The molecule has 1 aliphatic rings. The van der Waals surface area contributed by atoms with E-state index >= 15 is 0 Å². The topological polar surface area (TPSA) is 69.7 Å². The van der Waals surface area contributed by atoms with E-state index in [4.69, 9.17) is 4.74 Å². The highest BCUT2D eigenvalue weighted by Gasteiger charge is 2.36. The van der Waals surface area contributed by atoms with Crippen LogP contribution in [0.15, 0.2) is 42.2 Å². The fourth-order valence-corrected chi connectivity index (χ4v) is 2.24. The zero-order valence-electron chi connectivity index (χ0n) is 12.4. The maximum absolute atomic E-state index is 12.3. The van der Waals surface area contributed by atoms with E-state index < -0.39 is 23.5 Å². The van der Waals surface area contributed by atoms with Crippen molar-refractivity contribution in [3.05, 3.63) is 47.7 Å². The summed E-state index contributed by atoms with van der Waals surface area (Å²) in [6, 6.07) is 9.42. The number of allylic oxidation sites excluding steroid dienone is 2. The predicted molar refractivity (Wildman–Crippen MR) is 78.7 cm³/mol. The Balaban J connectivity index is 1.99. The van der Waals surface area contributed by atoms with Gasteiger partial charge in [-0.25, -0.2) is 4.79 Å². The van der Waals surface area contributed by atoms with Gasteiger partial charge in [0, 0.05) is 0 Å². The third kappa shape index (κ3) is 3.81. The molecule has 5 nitrogen and oxygen atoms in total. The van der Waals surface area contributed by atoms with Crippen molar-refractivity contribution in [2.24, 2.45) is 5.92 Å². The Hall–Kier alpha value is -2.43. The zero-order chi connectivity index (χ0) is 15.9. The summed E-state index contributed by atoms with van der Waals surface area (Å²) in [7, 11) is 0. The van der Waals surface area contributed by atoms with Crippen LogP contribution in [0.3, 0.4) is 0 Å². The predicted octanol–water partition coefficient (Wildman–Crippen LogP) is 2.20. The molecule has 0 N–H and O–H groups in total. The first-order chi connectivity index (χ1) is 10.6. The summed E-state index contributed by atoms with van der Waals surface area (Å²) >= 11 is 0. The number of ketones is 2. The van der Waals surface area contributed by atoms with Gasteiger partial charge in [0.15, 0.2) is 5.76 Å². The SMILES string of the molecule is CCOC(=O)C(=O)C1CCC=C(OCc2ccccc2)C1=O. The normalized spacial score (nSPS) is 17.6. The molecule has 5 heteroatoms. The molecular weight excluding hydrogens is 284 g/mol. The summed E-state index contributed by atoms with van der Waals surface area (Å²) < 4.78 is 10.2. The van der Waals surface area contributed by atoms with E-state index in [1.807, 2.05) is 30.3 Å². The van der Waals surface area contributed by atoms with Crippen molar-refractivity contribution >= 4 is 17.5 Å². The van der Waals surface area contributed by atoms with Crippen LogP contribution in [0.5, 0.6) is 0 Å². The molecule has 116 valence electrons. The number of carbonyl (C=O) groups excluding carboxylic acids is 3. The summed E-state index contributed by atoms with van der Waals surface area (Å²) in [6.45, 7) is 1.97. The minimum Gasteiger partial charge on any atom is -0.485 e. The van der Waals surface area contributed by atoms with E-state index in [1.54, 1.807) is 13.0 Å². The van der Waals surface area contributed by atoms with Crippen LogP contribution in [0.4, 0.5) is 0 Å². The number of hydrogen-bond acceptors (Lipinski definition) is 5. The average molecular weight is 302 g/mol. The molecule has 1 aromatic rings. The maximum Gasteiger partial charge on any atom is 0.375 e. The summed E-state index contributed by atoms with van der Waals surface area (Å²) in [5, 5.41) is 0. The minimum atomic E-state index is -0.991. The Morgan fingerprint density at radius 3 is 2.64 bits per heavy atom. The Kier molecular flexibility index (Phi) is 5.47. The molecule has 0 amide bonds. The third-order valence-electron chi connectivity index (χ3n) is 3.37. The molecule has 0 heterocycles. The number of Topliss-reactive ketones (excluding diaryl/α,β-unsaturated/α-hetero) is 2. The standard InChI is InChI=1S/C17H18O5/c1-2-21-17(20)16(19)13-9-6-10-14(15(13)18)22-11-12-7-4-3-5-8-12/h3-5,7-8,10,13H,2,6,9,11H2,1H3. The van der Waals surface area contributed by atoms with Gasteiger partial charge in [0.1, 0.15) is 6.61 Å². The van der Waals surface area contributed by atoms with Gasteiger partial charge >= 0.3 is 5.97 Å². The van der Waals surface area contributed by atoms with Gasteiger partial charge in [-0.15, -0.1) is 0 Å². The molecule has 0 aliphatic heterocycles. The molecule has 1 aromatic carbocycles. The molecule has 1 atom stereocenters. The molecule has 1 aliphatic carbocycles. The van der Waals surface area contributed by atoms with Crippen LogP contribution in [-0.2, 0) is 30.5 Å². The van der Waals surface area contributed by atoms with Gasteiger partial charge in [-0.1, -0.05) is 30.3 Å². The van der Waals surface area contributed by atoms with Crippen molar-refractivity contribution in [1.82, 2.24) is 0 Å². The van der Waals surface area contributed by atoms with E-state index in [1.165, 1.54) is 0 Å². The molecule has 2 rings (SSSR count). The van der Waals surface area contributed by atoms with E-state index in [-0.39, 0.29) is 19.0 Å². The lowest BCUT2D eigenvalue weighted by Crippen LogP contribution is -2.34. The number of benzene rings is 1.